The molecule has 0 spiro atoms. The van der Waals surface area contributed by atoms with Crippen molar-refractivity contribution in [3.63, 3.8) is 0 Å². The molecule has 0 aliphatic heterocycles. The van der Waals surface area contributed by atoms with E-state index in [1.165, 1.54) is 38.3 Å². The summed E-state index contributed by atoms with van der Waals surface area (Å²) in [6.45, 7) is 8.19. The van der Waals surface area contributed by atoms with Gasteiger partial charge in [0.15, 0.2) is 0 Å². The Hall–Kier alpha value is 0.0649. The summed E-state index contributed by atoms with van der Waals surface area (Å²) < 4.78 is 0. The average molecular weight is 166 g/mol. The molecule has 0 aromatic rings. The summed E-state index contributed by atoms with van der Waals surface area (Å²) in [5, 5.41) is 0. The molecule has 0 radical (unpaired) electrons. The Morgan fingerprint density at radius 2 is 1.67 bits per heavy atom. The first kappa shape index (κ1) is 10.1. The Morgan fingerprint density at radius 3 is 2.17 bits per heavy atom. The normalized spacial score (nSPS) is 30.2. The summed E-state index contributed by atoms with van der Waals surface area (Å²) in [7, 11) is 0. The van der Waals surface area contributed by atoms with E-state index in [1.807, 2.05) is 0 Å². The molecule has 12 heavy (non-hydrogen) atoms. The van der Waals surface area contributed by atoms with Crippen LogP contribution in [0.15, 0.2) is 0 Å². The zero-order valence-corrected chi connectivity index (χ0v) is 8.97. The van der Waals surface area contributed by atoms with Crippen molar-refractivity contribution in [3.8, 4) is 0 Å². The average Bonchev–Trinajstić information content (AvgIpc) is 2.10. The molecule has 0 saturated heterocycles. The van der Waals surface area contributed by atoms with Crippen LogP contribution in [0.25, 0.3) is 0 Å². The number of hydrogen-bond donors (Lipinski definition) is 0. The molecule has 0 bridgehead atoms. The molecule has 0 aromatic carbocycles. The predicted octanol–water partition coefficient (Wildman–Crippen LogP) is 4.10. The van der Waals surface area contributed by atoms with Gasteiger partial charge >= 0.3 is 0 Å². The minimum Gasteiger partial charge on any atom is -0.0768 e. The zero-order chi connectivity index (χ0) is 8.97. The molecule has 0 amide bonds. The van der Waals surface area contributed by atoms with Gasteiger partial charge in [-0.3, -0.25) is 0 Å². The van der Waals surface area contributed by atoms with Gasteiger partial charge in [-0.25, -0.2) is 0 Å². The molecular formula is C11H23B. The summed E-state index contributed by atoms with van der Waals surface area (Å²) in [4.78, 5) is 0. The fourth-order valence-electron chi connectivity index (χ4n) is 2.94. The van der Waals surface area contributed by atoms with Crippen molar-refractivity contribution in [3.05, 3.63) is 0 Å². The van der Waals surface area contributed by atoms with Crippen molar-refractivity contribution in [1.82, 2.24) is 0 Å². The maximum atomic E-state index is 2.46. The van der Waals surface area contributed by atoms with E-state index in [2.05, 4.69) is 20.8 Å². The maximum absolute atomic E-state index is 2.46. The van der Waals surface area contributed by atoms with Crippen LogP contribution in [-0.4, -0.2) is 6.71 Å². The van der Waals surface area contributed by atoms with Crippen molar-refractivity contribution in [1.29, 1.82) is 0 Å². The summed E-state index contributed by atoms with van der Waals surface area (Å²) in [5.41, 5.74) is 0. The third-order valence-electron chi connectivity index (χ3n) is 3.83. The number of rotatable bonds is 3. The van der Waals surface area contributed by atoms with Gasteiger partial charge in [-0.05, 0) is 5.92 Å². The minimum atomic E-state index is 1.00. The Kier molecular flexibility index (Phi) is 4.18. The highest BCUT2D eigenvalue weighted by Crippen LogP contribution is 2.38. The molecule has 0 nitrogen and oxygen atoms in total. The van der Waals surface area contributed by atoms with Gasteiger partial charge in [0.2, 0.25) is 0 Å². The lowest BCUT2D eigenvalue weighted by atomic mass is 9.34. The second-order valence-corrected chi connectivity index (χ2v) is 4.50. The third kappa shape index (κ3) is 2.28. The van der Waals surface area contributed by atoms with Gasteiger partial charge in [-0.15, -0.1) is 0 Å². The van der Waals surface area contributed by atoms with Crippen LogP contribution in [0.5, 0.6) is 0 Å². The van der Waals surface area contributed by atoms with Crippen molar-refractivity contribution in [2.45, 2.75) is 64.9 Å². The monoisotopic (exact) mass is 166 g/mol. The summed E-state index contributed by atoms with van der Waals surface area (Å²) >= 11 is 0. The molecule has 0 N–H and O–H groups in total. The molecule has 2 atom stereocenters. The maximum Gasteiger partial charge on any atom is 0.142 e. The standard InChI is InChI=1S/C11H23B/c1-4-12(5-2)11-9-7-6-8-10(11)3/h10-11H,4-9H2,1-3H3/t10-,11-/m1/s1. The largest absolute Gasteiger partial charge is 0.142 e. The number of hydrogen-bond acceptors (Lipinski definition) is 0. The van der Waals surface area contributed by atoms with Crippen LogP contribution in [0.4, 0.5) is 0 Å². The lowest BCUT2D eigenvalue weighted by molar-refractivity contribution is 0.378. The second-order valence-electron chi connectivity index (χ2n) is 4.50. The fraction of sp³-hybridized carbons (Fsp3) is 1.00. The van der Waals surface area contributed by atoms with Crippen LogP contribution in [0.3, 0.4) is 0 Å². The predicted molar refractivity (Wildman–Crippen MR) is 58.1 cm³/mol. The summed E-state index contributed by atoms with van der Waals surface area (Å²) in [6.07, 6.45) is 8.76. The van der Waals surface area contributed by atoms with Gasteiger partial charge < -0.3 is 0 Å². The SMILES string of the molecule is CCB(CC)[C@@H]1CCCC[C@H]1C. The highest BCUT2D eigenvalue weighted by atomic mass is 14.2. The van der Waals surface area contributed by atoms with E-state index in [0.717, 1.165) is 18.4 Å². The highest BCUT2D eigenvalue weighted by Gasteiger charge is 2.28. The van der Waals surface area contributed by atoms with E-state index in [-0.39, 0.29) is 0 Å². The van der Waals surface area contributed by atoms with E-state index in [0.29, 0.717) is 0 Å². The van der Waals surface area contributed by atoms with Crippen LogP contribution < -0.4 is 0 Å². The van der Waals surface area contributed by atoms with E-state index in [9.17, 15) is 0 Å². The molecule has 0 unspecified atom stereocenters. The lowest BCUT2D eigenvalue weighted by Crippen LogP contribution is -2.26. The van der Waals surface area contributed by atoms with E-state index < -0.39 is 0 Å². The molecule has 0 heterocycles. The first-order valence-electron chi connectivity index (χ1n) is 5.79. The molecule has 1 aliphatic rings. The van der Waals surface area contributed by atoms with E-state index in [4.69, 9.17) is 0 Å². The van der Waals surface area contributed by atoms with Gasteiger partial charge in [-0.1, -0.05) is 64.9 Å². The Morgan fingerprint density at radius 1 is 1.08 bits per heavy atom. The Bertz CT molecular complexity index is 118. The van der Waals surface area contributed by atoms with Crippen molar-refractivity contribution >= 4 is 6.71 Å². The van der Waals surface area contributed by atoms with Crippen LogP contribution in [0.1, 0.15) is 46.5 Å². The highest BCUT2D eigenvalue weighted by molar-refractivity contribution is 6.60. The zero-order valence-electron chi connectivity index (χ0n) is 8.97. The van der Waals surface area contributed by atoms with Gasteiger partial charge in [0.1, 0.15) is 6.71 Å². The van der Waals surface area contributed by atoms with Gasteiger partial charge in [0, 0.05) is 0 Å². The lowest BCUT2D eigenvalue weighted by Gasteiger charge is -2.32. The van der Waals surface area contributed by atoms with Gasteiger partial charge in [0.25, 0.3) is 0 Å². The first-order chi connectivity index (χ1) is 5.79. The summed E-state index contributed by atoms with van der Waals surface area (Å²) in [5.74, 6) is 2.05. The fourth-order valence-corrected chi connectivity index (χ4v) is 2.94. The Labute approximate surface area is 78.2 Å². The minimum absolute atomic E-state index is 1.00. The molecule has 1 aliphatic carbocycles. The van der Waals surface area contributed by atoms with Crippen LogP contribution in [0, 0.1) is 5.92 Å². The smallest absolute Gasteiger partial charge is 0.0768 e. The molecular weight excluding hydrogens is 143 g/mol. The van der Waals surface area contributed by atoms with Crippen LogP contribution in [0.2, 0.25) is 18.5 Å². The summed E-state index contributed by atoms with van der Waals surface area (Å²) in [6, 6.07) is 0. The van der Waals surface area contributed by atoms with E-state index >= 15 is 0 Å². The Balaban J connectivity index is 2.45. The molecule has 1 fully saturated rings. The first-order valence-corrected chi connectivity index (χ1v) is 5.79. The van der Waals surface area contributed by atoms with Crippen LogP contribution >= 0.6 is 0 Å². The van der Waals surface area contributed by atoms with Crippen molar-refractivity contribution in [2.75, 3.05) is 0 Å². The molecule has 0 aromatic heterocycles. The van der Waals surface area contributed by atoms with Gasteiger partial charge in [-0.2, -0.15) is 0 Å². The molecule has 1 heteroatoms. The topological polar surface area (TPSA) is 0 Å². The van der Waals surface area contributed by atoms with Crippen molar-refractivity contribution in [2.24, 2.45) is 5.92 Å². The second kappa shape index (κ2) is 4.94. The van der Waals surface area contributed by atoms with Crippen molar-refractivity contribution < 1.29 is 0 Å². The molecule has 70 valence electrons. The molecule has 1 saturated carbocycles. The van der Waals surface area contributed by atoms with Crippen LogP contribution in [-0.2, 0) is 0 Å². The molecule has 1 rings (SSSR count). The van der Waals surface area contributed by atoms with Gasteiger partial charge in [0.05, 0.1) is 0 Å². The third-order valence-corrected chi connectivity index (χ3v) is 3.83. The van der Waals surface area contributed by atoms with E-state index in [1.54, 1.807) is 0 Å². The quantitative estimate of drug-likeness (QED) is 0.553.